The summed E-state index contributed by atoms with van der Waals surface area (Å²) in [6.45, 7) is 0. The first kappa shape index (κ1) is 23.3. The molecular weight excluding hydrogens is 449 g/mol. The number of carbonyl (C=O) groups excluding carboxylic acids is 1. The average molecular weight is 475 g/mol. The van der Waals surface area contributed by atoms with Crippen LogP contribution in [0.3, 0.4) is 0 Å². The lowest BCUT2D eigenvalue weighted by molar-refractivity contribution is 0.101. The molecule has 5 nitrogen and oxygen atoms in total. The summed E-state index contributed by atoms with van der Waals surface area (Å²) < 4.78 is 53.9. The molecule has 0 radical (unpaired) electrons. The number of aromatic nitrogens is 1. The van der Waals surface area contributed by atoms with E-state index in [1.165, 1.54) is 5.56 Å². The molecular formula is C24H25F3N4OS. The summed E-state index contributed by atoms with van der Waals surface area (Å²) in [6.07, 6.45) is 6.02. The molecule has 0 spiro atoms. The molecule has 1 amide bonds. The first-order valence-electron chi connectivity index (χ1n) is 10.7. The van der Waals surface area contributed by atoms with Crippen molar-refractivity contribution in [2.24, 2.45) is 7.05 Å². The van der Waals surface area contributed by atoms with Crippen LogP contribution >= 0.6 is 0 Å². The van der Waals surface area contributed by atoms with Crippen LogP contribution in [0.5, 0.6) is 0 Å². The molecule has 2 heterocycles. The van der Waals surface area contributed by atoms with Gasteiger partial charge < -0.3 is 9.88 Å². The predicted octanol–water partition coefficient (Wildman–Crippen LogP) is 5.28. The third-order valence-electron chi connectivity index (χ3n) is 5.81. The van der Waals surface area contributed by atoms with Crippen LogP contribution < -0.4 is 10.0 Å². The molecule has 2 aromatic carbocycles. The van der Waals surface area contributed by atoms with Gasteiger partial charge in [-0.3, -0.25) is 9.57 Å². The fourth-order valence-corrected chi connectivity index (χ4v) is 5.59. The third kappa shape index (κ3) is 5.20. The fourth-order valence-electron chi connectivity index (χ4n) is 4.19. The van der Waals surface area contributed by atoms with Crippen LogP contribution in [0.15, 0.2) is 53.6 Å². The Bertz CT molecular complexity index is 1170. The van der Waals surface area contributed by atoms with Gasteiger partial charge >= 0.3 is 0 Å². The Balaban J connectivity index is 1.46. The lowest BCUT2D eigenvalue weighted by atomic mass is 9.99. The highest BCUT2D eigenvalue weighted by Gasteiger charge is 2.27. The van der Waals surface area contributed by atoms with Crippen molar-refractivity contribution in [3.63, 3.8) is 0 Å². The Kier molecular flexibility index (Phi) is 6.99. The number of carbonyl (C=O) groups is 1. The van der Waals surface area contributed by atoms with Crippen molar-refractivity contribution in [1.82, 2.24) is 9.29 Å². The number of nitrogens with zero attached hydrogens (tertiary/aromatic N) is 1. The number of fused-ring (bicyclic) bond motifs is 1. The number of hydrogen-bond donors (Lipinski definition) is 3. The topological polar surface area (TPSA) is 69.9 Å². The zero-order valence-electron chi connectivity index (χ0n) is 18.1. The van der Waals surface area contributed by atoms with Crippen molar-refractivity contribution >= 4 is 22.5 Å². The minimum absolute atomic E-state index is 0.156. The molecule has 3 aromatic rings. The van der Waals surface area contributed by atoms with Crippen molar-refractivity contribution in [2.45, 2.75) is 43.0 Å². The number of anilines is 1. The second-order valence-corrected chi connectivity index (χ2v) is 9.46. The maximum absolute atomic E-state index is 13.5. The van der Waals surface area contributed by atoms with Gasteiger partial charge in [-0.2, -0.15) is 0 Å². The smallest absolute Gasteiger partial charge is 0.272 e. The quantitative estimate of drug-likeness (QED) is 0.426. The largest absolute Gasteiger partial charge is 0.345 e. The highest BCUT2D eigenvalue weighted by atomic mass is 32.2. The van der Waals surface area contributed by atoms with Crippen LogP contribution in [-0.2, 0) is 30.8 Å². The van der Waals surface area contributed by atoms with Gasteiger partial charge in [0.05, 0.1) is 4.90 Å². The Labute approximate surface area is 193 Å². The molecule has 0 saturated carbocycles. The maximum Gasteiger partial charge on any atom is 0.272 e. The molecule has 3 N–H and O–H groups in total. The van der Waals surface area contributed by atoms with Crippen molar-refractivity contribution in [1.29, 1.82) is 4.78 Å². The number of nitrogens with one attached hydrogen (secondary N) is 3. The average Bonchev–Trinajstić information content (AvgIpc) is 3.04. The fraction of sp³-hybridized carbons (Fsp3) is 0.292. The van der Waals surface area contributed by atoms with Crippen LogP contribution in [0.25, 0.3) is 0 Å². The van der Waals surface area contributed by atoms with Crippen molar-refractivity contribution in [2.75, 3.05) is 5.32 Å². The first-order chi connectivity index (χ1) is 15.8. The molecule has 1 aliphatic rings. The molecule has 1 aliphatic heterocycles. The van der Waals surface area contributed by atoms with Gasteiger partial charge in [0.1, 0.15) is 5.69 Å². The molecule has 2 atom stereocenters. The second-order valence-electron chi connectivity index (χ2n) is 8.18. The molecule has 0 fully saturated rings. The second kappa shape index (κ2) is 9.93. The van der Waals surface area contributed by atoms with E-state index >= 15 is 0 Å². The van der Waals surface area contributed by atoms with Crippen LogP contribution in [0.1, 0.15) is 40.9 Å². The molecule has 4 rings (SSSR count). The summed E-state index contributed by atoms with van der Waals surface area (Å²) >= 11 is 0. The van der Waals surface area contributed by atoms with Gasteiger partial charge in [-0.05, 0) is 54.1 Å². The highest BCUT2D eigenvalue weighted by molar-refractivity contribution is 7.84. The summed E-state index contributed by atoms with van der Waals surface area (Å²) in [5.74, 6) is -4.87. The Morgan fingerprint density at radius 2 is 1.91 bits per heavy atom. The van der Waals surface area contributed by atoms with Crippen molar-refractivity contribution in [3.05, 3.63) is 82.9 Å². The number of amides is 1. The van der Waals surface area contributed by atoms with Gasteiger partial charge in [0, 0.05) is 37.1 Å². The summed E-state index contributed by atoms with van der Waals surface area (Å²) in [4.78, 5) is 13.7. The Morgan fingerprint density at radius 1 is 1.21 bits per heavy atom. The number of benzene rings is 2. The molecule has 174 valence electrons. The van der Waals surface area contributed by atoms with E-state index in [-0.39, 0.29) is 11.7 Å². The van der Waals surface area contributed by atoms with E-state index in [4.69, 9.17) is 4.78 Å². The highest BCUT2D eigenvalue weighted by Crippen LogP contribution is 2.28. The monoisotopic (exact) mass is 474 g/mol. The van der Waals surface area contributed by atoms with Crippen molar-refractivity contribution < 1.29 is 18.0 Å². The SMILES string of the molecule is Cn1cc2c(c1C(=O)Nc1cc(F)c(F)c(F)c1)CC[C@H](CCCc1ccccc1)NS2=N. The van der Waals surface area contributed by atoms with Gasteiger partial charge in [0.25, 0.3) is 5.91 Å². The van der Waals surface area contributed by atoms with Gasteiger partial charge in [-0.15, -0.1) is 0 Å². The van der Waals surface area contributed by atoms with E-state index in [2.05, 4.69) is 22.2 Å². The van der Waals surface area contributed by atoms with E-state index < -0.39 is 34.2 Å². The van der Waals surface area contributed by atoms with E-state index in [1.807, 2.05) is 18.2 Å². The minimum atomic E-state index is -1.58. The summed E-state index contributed by atoms with van der Waals surface area (Å²) in [5, 5.41) is 2.46. The zero-order valence-corrected chi connectivity index (χ0v) is 18.9. The summed E-state index contributed by atoms with van der Waals surface area (Å²) in [6, 6.07) is 11.9. The first-order valence-corrected chi connectivity index (χ1v) is 12.0. The van der Waals surface area contributed by atoms with Gasteiger partial charge in [-0.25, -0.2) is 17.9 Å². The van der Waals surface area contributed by atoms with E-state index in [0.717, 1.165) is 48.3 Å². The summed E-state index contributed by atoms with van der Waals surface area (Å²) in [5.41, 5.74) is 2.22. The Morgan fingerprint density at radius 3 is 2.61 bits per heavy atom. The van der Waals surface area contributed by atoms with Crippen LogP contribution in [0, 0.1) is 22.2 Å². The molecule has 1 aromatic heterocycles. The molecule has 0 saturated heterocycles. The molecule has 0 bridgehead atoms. The van der Waals surface area contributed by atoms with E-state index in [0.29, 0.717) is 12.1 Å². The molecule has 0 aliphatic carbocycles. The van der Waals surface area contributed by atoms with Crippen molar-refractivity contribution in [3.8, 4) is 0 Å². The third-order valence-corrected chi connectivity index (χ3v) is 7.17. The number of aryl methyl sites for hydroxylation is 2. The normalized spacial score (nSPS) is 17.9. The van der Waals surface area contributed by atoms with Gasteiger partial charge in [-0.1, -0.05) is 30.3 Å². The van der Waals surface area contributed by atoms with Gasteiger partial charge in [0.15, 0.2) is 17.5 Å². The van der Waals surface area contributed by atoms with Crippen LogP contribution in [0.4, 0.5) is 18.9 Å². The molecule has 9 heteroatoms. The van der Waals surface area contributed by atoms with E-state index in [9.17, 15) is 18.0 Å². The molecule has 33 heavy (non-hydrogen) atoms. The number of rotatable bonds is 6. The number of halogens is 3. The summed E-state index contributed by atoms with van der Waals surface area (Å²) in [7, 11) is 0.704. The zero-order chi connectivity index (χ0) is 23.5. The maximum atomic E-state index is 13.5. The Hall–Kier alpha value is -2.91. The van der Waals surface area contributed by atoms with E-state index in [1.54, 1.807) is 17.8 Å². The lowest BCUT2D eigenvalue weighted by Gasteiger charge is -2.16. The molecule has 1 unspecified atom stereocenters. The van der Waals surface area contributed by atoms with Gasteiger partial charge in [0.2, 0.25) is 0 Å². The minimum Gasteiger partial charge on any atom is -0.345 e. The van der Waals surface area contributed by atoms with Crippen LogP contribution in [0.2, 0.25) is 0 Å². The predicted molar refractivity (Wildman–Crippen MR) is 123 cm³/mol. The van der Waals surface area contributed by atoms with Crippen LogP contribution in [-0.4, -0.2) is 16.5 Å². The number of hydrogen-bond acceptors (Lipinski definition) is 2. The lowest BCUT2D eigenvalue weighted by Crippen LogP contribution is -2.29. The standard InChI is InChI=1S/C24H25F3N4OS/c1-31-14-21-18(23(31)24(32)29-17-12-19(25)22(27)20(26)13-17)11-10-16(30-33(21)28)9-5-8-15-6-3-2-4-7-15/h2-4,6-7,12-14,16H,5,8-11H2,1H3,(H2,28,30)(H,29,32)/t16-,33?/m0/s1.